The molecule has 5 N–H and O–H groups in total. The second-order valence-electron chi connectivity index (χ2n) is 10.1. The number of esters is 2. The van der Waals surface area contributed by atoms with Crippen molar-refractivity contribution < 1.29 is 48.1 Å². The third-order valence-corrected chi connectivity index (χ3v) is 7.37. The fraction of sp³-hybridized carbons (Fsp3) is 0.829. The van der Waals surface area contributed by atoms with Crippen LogP contribution in [0.5, 0.6) is 0 Å². The summed E-state index contributed by atoms with van der Waals surface area (Å²) >= 11 is 1.36. The first-order chi connectivity index (χ1) is 20.0. The van der Waals surface area contributed by atoms with Gasteiger partial charge in [-0.3, -0.25) is 28.8 Å². The van der Waals surface area contributed by atoms with E-state index in [1.165, 1.54) is 11.8 Å². The van der Waals surface area contributed by atoms with E-state index in [-0.39, 0.29) is 132 Å². The lowest BCUT2D eigenvalue weighted by Gasteiger charge is -2.19. The third-order valence-electron chi connectivity index (χ3n) is 6.17. The van der Waals surface area contributed by atoms with Gasteiger partial charge >= 0.3 is 11.9 Å². The smallest absolute Gasteiger partial charge is 0.306 e. The molecule has 0 rings (SSSR count). The maximum atomic E-state index is 12.6. The number of hydrogen-bond acceptors (Lipinski definition) is 12. The lowest BCUT2D eigenvalue weighted by molar-refractivity contribution is -0.149. The van der Waals surface area contributed by atoms with E-state index >= 15 is 0 Å². The van der Waals surface area contributed by atoms with Crippen molar-refractivity contribution in [1.29, 1.82) is 0 Å². The molecule has 0 saturated heterocycles. The Kier molecular flexibility index (Phi) is 49.6. The maximum Gasteiger partial charge on any atom is 0.306 e. The van der Waals surface area contributed by atoms with Crippen LogP contribution in [0.2, 0.25) is 0 Å². The van der Waals surface area contributed by atoms with Gasteiger partial charge in [0.25, 0.3) is 0 Å². The number of aliphatic hydroxyl groups excluding tert-OH is 1. The number of ketones is 3. The van der Waals surface area contributed by atoms with Crippen molar-refractivity contribution in [1.82, 2.24) is 0 Å². The van der Waals surface area contributed by atoms with E-state index in [0.29, 0.717) is 50.7 Å². The highest BCUT2D eigenvalue weighted by Crippen LogP contribution is 2.16. The van der Waals surface area contributed by atoms with E-state index < -0.39 is 30.6 Å². The Balaban J connectivity index is -0.000000560. The van der Waals surface area contributed by atoms with Gasteiger partial charge in [-0.2, -0.15) is 11.8 Å². The molecule has 0 aliphatic rings. The summed E-state index contributed by atoms with van der Waals surface area (Å²) < 4.78 is 16.1. The molecule has 0 aliphatic carbocycles. The van der Waals surface area contributed by atoms with Crippen LogP contribution in [-0.4, -0.2) is 90.4 Å². The topological polar surface area (TPSA) is 202 Å². The number of hydrogen-bond donors (Lipinski definition) is 3. The predicted octanol–water partition coefficient (Wildman–Crippen LogP) is 5.86. The summed E-state index contributed by atoms with van der Waals surface area (Å²) in [5.74, 6) is -2.03. The fourth-order valence-electron chi connectivity index (χ4n) is 3.72. The first kappa shape index (κ1) is 60.9. The Morgan fingerprint density at radius 2 is 1.31 bits per heavy atom. The Morgan fingerprint density at radius 3 is 1.88 bits per heavy atom. The summed E-state index contributed by atoms with van der Waals surface area (Å²) in [4.78, 5) is 70.9. The van der Waals surface area contributed by atoms with E-state index in [1.807, 2.05) is 13.8 Å². The highest BCUT2D eigenvalue weighted by atomic mass is 32.2. The van der Waals surface area contributed by atoms with Gasteiger partial charge in [-0.1, -0.05) is 58.4 Å². The van der Waals surface area contributed by atoms with Gasteiger partial charge in [-0.15, -0.1) is 0 Å². The van der Waals surface area contributed by atoms with E-state index in [2.05, 4.69) is 0 Å². The van der Waals surface area contributed by atoms with Crippen LogP contribution in [0.25, 0.3) is 0 Å². The predicted molar refractivity (Wildman–Crippen MR) is 199 cm³/mol. The number of amides is 1. The molecule has 0 heterocycles. The zero-order valence-electron chi connectivity index (χ0n) is 25.1. The molecule has 12 nitrogen and oxygen atoms in total. The van der Waals surface area contributed by atoms with Crippen LogP contribution in [-0.2, 0) is 43.0 Å². The Bertz CT molecular complexity index is 842. The number of thioether (sulfide) groups is 1. The van der Waals surface area contributed by atoms with Crippen LogP contribution in [0.1, 0.15) is 135 Å². The maximum absolute atomic E-state index is 12.6. The summed E-state index contributed by atoms with van der Waals surface area (Å²) in [6.45, 7) is 3.95. The van der Waals surface area contributed by atoms with Crippen LogP contribution in [0.3, 0.4) is 0 Å². The standard InChI is InChI=1S/C29H50N2O10S.6CH4/c1-3-7-28(37)40-15-5-9-23(41-29(38)8-4-2)19-42-20-24(30)26(35)17-21(18-32)25(34)10-6-14-39-16-13-22(33)11-12-27(31)36;;;;;;/h21,23-24,32H,3-20,30H2,1-2H3,(H2,31,36);6*1H4. The molecule has 0 saturated carbocycles. The van der Waals surface area contributed by atoms with E-state index in [1.54, 1.807) is 0 Å². The summed E-state index contributed by atoms with van der Waals surface area (Å²) in [5, 5.41) is 9.66. The molecule has 3 unspecified atom stereocenters. The third kappa shape index (κ3) is 33.5. The number of ether oxygens (including phenoxy) is 3. The van der Waals surface area contributed by atoms with Crippen LogP contribution in [0.4, 0.5) is 0 Å². The van der Waals surface area contributed by atoms with Gasteiger partial charge < -0.3 is 30.8 Å². The van der Waals surface area contributed by atoms with Crippen LogP contribution in [0.15, 0.2) is 0 Å². The minimum atomic E-state index is -0.859. The molecule has 3 atom stereocenters. The SMILES string of the molecule is C.C.C.C.C.C.CCCC(=O)OCCCC(CSCC(N)C(=O)CC(CO)C(=O)CCCOCCC(=O)CCC(N)=O)OC(=O)CCC. The van der Waals surface area contributed by atoms with Gasteiger partial charge in [-0.05, 0) is 32.1 Å². The van der Waals surface area contributed by atoms with Crippen LogP contribution in [0, 0.1) is 5.92 Å². The van der Waals surface area contributed by atoms with Crippen molar-refractivity contribution in [3.8, 4) is 0 Å². The highest BCUT2D eigenvalue weighted by Gasteiger charge is 2.24. The summed E-state index contributed by atoms with van der Waals surface area (Å²) in [6.07, 6.45) is 3.19. The molecule has 13 heteroatoms. The lowest BCUT2D eigenvalue weighted by Crippen LogP contribution is -2.36. The molecule has 0 aromatic rings. The monoisotopic (exact) mass is 715 g/mol. The van der Waals surface area contributed by atoms with Gasteiger partial charge in [0.05, 0.1) is 25.9 Å². The molecule has 0 fully saturated rings. The molecular formula is C35H74N2O10S. The molecular weight excluding hydrogens is 640 g/mol. The second-order valence-corrected chi connectivity index (χ2v) is 11.2. The molecule has 0 bridgehead atoms. The first-order valence-corrected chi connectivity index (χ1v) is 15.9. The quantitative estimate of drug-likeness (QED) is 0.0645. The molecule has 0 spiro atoms. The summed E-state index contributed by atoms with van der Waals surface area (Å²) in [5.41, 5.74) is 11.1. The number of rotatable bonds is 28. The van der Waals surface area contributed by atoms with E-state index in [4.69, 9.17) is 25.7 Å². The molecule has 0 aromatic carbocycles. The number of carbonyl (C=O) groups is 6. The zero-order chi connectivity index (χ0) is 31.8. The fourth-order valence-corrected chi connectivity index (χ4v) is 4.79. The van der Waals surface area contributed by atoms with Gasteiger partial charge in [-0.25, -0.2) is 0 Å². The molecule has 0 radical (unpaired) electrons. The minimum absolute atomic E-state index is 0. The van der Waals surface area contributed by atoms with Crippen molar-refractivity contribution in [2.24, 2.45) is 17.4 Å². The Morgan fingerprint density at radius 1 is 0.708 bits per heavy atom. The molecule has 48 heavy (non-hydrogen) atoms. The number of aliphatic hydroxyl groups is 1. The van der Waals surface area contributed by atoms with Crippen molar-refractivity contribution in [2.75, 3.05) is 37.9 Å². The Hall–Kier alpha value is -2.35. The van der Waals surface area contributed by atoms with Crippen molar-refractivity contribution >= 4 is 47.0 Å². The first-order valence-electron chi connectivity index (χ1n) is 14.8. The molecule has 0 aromatic heterocycles. The van der Waals surface area contributed by atoms with Gasteiger partial charge in [0.1, 0.15) is 17.7 Å². The normalized spacial score (nSPS) is 11.5. The highest BCUT2D eigenvalue weighted by molar-refractivity contribution is 7.99. The lowest BCUT2D eigenvalue weighted by atomic mass is 9.93. The Labute approximate surface area is 297 Å². The van der Waals surface area contributed by atoms with Crippen molar-refractivity contribution in [3.63, 3.8) is 0 Å². The minimum Gasteiger partial charge on any atom is -0.466 e. The van der Waals surface area contributed by atoms with Crippen LogP contribution < -0.4 is 11.5 Å². The average Bonchev–Trinajstić information content (AvgIpc) is 2.94. The van der Waals surface area contributed by atoms with Crippen molar-refractivity contribution in [2.45, 2.75) is 148 Å². The van der Waals surface area contributed by atoms with Gasteiger partial charge in [0.15, 0.2) is 5.78 Å². The number of nitrogens with two attached hydrogens (primary N) is 2. The number of primary amides is 1. The number of carbonyl (C=O) groups excluding carboxylic acids is 6. The van der Waals surface area contributed by atoms with E-state index in [9.17, 15) is 33.9 Å². The molecule has 0 aliphatic heterocycles. The van der Waals surface area contributed by atoms with Crippen molar-refractivity contribution in [3.05, 3.63) is 0 Å². The number of Topliss-reactive ketones (excluding diaryl/α,β-unsaturated/α-hetero) is 3. The second kappa shape index (κ2) is 39.1. The summed E-state index contributed by atoms with van der Waals surface area (Å²) in [7, 11) is 0. The van der Waals surface area contributed by atoms with E-state index in [0.717, 1.165) is 0 Å². The zero-order valence-corrected chi connectivity index (χ0v) is 26.0. The summed E-state index contributed by atoms with van der Waals surface area (Å²) in [6, 6.07) is -0.853. The largest absolute Gasteiger partial charge is 0.466 e. The molecule has 290 valence electrons. The molecule has 1 amide bonds. The average molecular weight is 715 g/mol. The van der Waals surface area contributed by atoms with Gasteiger partial charge in [0.2, 0.25) is 5.91 Å². The van der Waals surface area contributed by atoms with Crippen LogP contribution >= 0.6 is 11.8 Å². The van der Waals surface area contributed by atoms with Gasteiger partial charge in [0, 0.05) is 69.0 Å².